The van der Waals surface area contributed by atoms with Gasteiger partial charge in [-0.3, -0.25) is 5.10 Å². The Morgan fingerprint density at radius 1 is 1.42 bits per heavy atom. The summed E-state index contributed by atoms with van der Waals surface area (Å²) in [6, 6.07) is 4.24. The fourth-order valence-corrected chi connectivity index (χ4v) is 1.40. The third kappa shape index (κ3) is 0.978. The van der Waals surface area contributed by atoms with Gasteiger partial charge in [0, 0.05) is 0 Å². The molecule has 0 fully saturated rings. The Labute approximate surface area is 70.8 Å². The van der Waals surface area contributed by atoms with E-state index in [0.29, 0.717) is 0 Å². The maximum Gasteiger partial charge on any atom is 0.113 e. The molecular weight excluding hydrogens is 150 g/mol. The molecule has 2 rings (SSSR count). The van der Waals surface area contributed by atoms with Crippen LogP contribution in [0.25, 0.3) is 11.0 Å². The molecule has 0 spiro atoms. The van der Waals surface area contributed by atoms with Crippen molar-refractivity contribution in [3.05, 3.63) is 23.3 Å². The molecule has 0 amide bonds. The molecule has 0 aliphatic heterocycles. The van der Waals surface area contributed by atoms with E-state index in [1.54, 1.807) is 0 Å². The van der Waals surface area contributed by atoms with E-state index in [0.717, 1.165) is 17.5 Å². The molecule has 0 aliphatic rings. The van der Waals surface area contributed by atoms with E-state index in [1.165, 1.54) is 11.1 Å². The van der Waals surface area contributed by atoms with Crippen molar-refractivity contribution in [1.82, 2.24) is 15.4 Å². The molecule has 0 bridgehead atoms. The second-order valence-corrected chi connectivity index (χ2v) is 2.97. The van der Waals surface area contributed by atoms with E-state index in [9.17, 15) is 0 Å². The summed E-state index contributed by atoms with van der Waals surface area (Å²) in [5.74, 6) is 0. The summed E-state index contributed by atoms with van der Waals surface area (Å²) in [5, 5.41) is 10.6. The van der Waals surface area contributed by atoms with E-state index >= 15 is 0 Å². The average molecular weight is 161 g/mol. The first kappa shape index (κ1) is 7.28. The van der Waals surface area contributed by atoms with E-state index in [4.69, 9.17) is 0 Å². The predicted octanol–water partition coefficient (Wildman–Crippen LogP) is 1.83. The predicted molar refractivity (Wildman–Crippen MR) is 48.0 cm³/mol. The molecule has 12 heavy (non-hydrogen) atoms. The van der Waals surface area contributed by atoms with Crippen molar-refractivity contribution in [3.8, 4) is 0 Å². The van der Waals surface area contributed by atoms with Gasteiger partial charge in [0.1, 0.15) is 5.52 Å². The topological polar surface area (TPSA) is 41.6 Å². The quantitative estimate of drug-likeness (QED) is 0.693. The molecule has 0 atom stereocenters. The van der Waals surface area contributed by atoms with Gasteiger partial charge in [0.25, 0.3) is 0 Å². The van der Waals surface area contributed by atoms with Crippen molar-refractivity contribution >= 4 is 11.0 Å². The highest BCUT2D eigenvalue weighted by molar-refractivity contribution is 5.77. The minimum atomic E-state index is 0.965. The fraction of sp³-hybridized carbons (Fsp3) is 0.333. The smallest absolute Gasteiger partial charge is 0.113 e. The van der Waals surface area contributed by atoms with Crippen LogP contribution in [0.4, 0.5) is 0 Å². The Kier molecular flexibility index (Phi) is 1.57. The zero-order chi connectivity index (χ0) is 8.55. The van der Waals surface area contributed by atoms with Crippen molar-refractivity contribution in [2.24, 2.45) is 0 Å². The van der Waals surface area contributed by atoms with Crippen LogP contribution in [0, 0.1) is 6.92 Å². The summed E-state index contributed by atoms with van der Waals surface area (Å²) >= 11 is 0. The molecule has 0 saturated heterocycles. The zero-order valence-corrected chi connectivity index (χ0v) is 7.26. The number of hydrogen-bond donors (Lipinski definition) is 1. The Hall–Kier alpha value is -1.38. The van der Waals surface area contributed by atoms with Crippen molar-refractivity contribution in [2.45, 2.75) is 20.3 Å². The molecule has 0 saturated carbocycles. The largest absolute Gasteiger partial charge is 0.257 e. The molecular formula is C9H11N3. The minimum Gasteiger partial charge on any atom is -0.257 e. The number of nitrogens with zero attached hydrogens (tertiary/aromatic N) is 2. The third-order valence-electron chi connectivity index (χ3n) is 2.10. The summed E-state index contributed by atoms with van der Waals surface area (Å²) in [6.07, 6.45) is 1.05. The van der Waals surface area contributed by atoms with Gasteiger partial charge in [0.15, 0.2) is 0 Å². The number of rotatable bonds is 1. The normalized spacial score (nSPS) is 10.8. The highest BCUT2D eigenvalue weighted by atomic mass is 15.3. The fourth-order valence-electron chi connectivity index (χ4n) is 1.40. The zero-order valence-electron chi connectivity index (χ0n) is 7.26. The van der Waals surface area contributed by atoms with Gasteiger partial charge < -0.3 is 0 Å². The molecule has 1 heterocycles. The Balaban J connectivity index is 2.75. The molecule has 1 aromatic carbocycles. The first-order valence-electron chi connectivity index (χ1n) is 4.11. The van der Waals surface area contributed by atoms with Gasteiger partial charge in [-0.15, -0.1) is 5.10 Å². The van der Waals surface area contributed by atoms with Crippen LogP contribution in [0.1, 0.15) is 18.1 Å². The maximum atomic E-state index is 3.98. The highest BCUT2D eigenvalue weighted by Gasteiger charge is 2.01. The maximum absolute atomic E-state index is 3.98. The standard InChI is InChI=1S/C9H11N3/c1-3-7-4-6(2)9-8(5-7)10-12-11-9/h4-5H,3H2,1-2H3,(H,10,11,12). The van der Waals surface area contributed by atoms with Gasteiger partial charge in [-0.05, 0) is 30.5 Å². The third-order valence-corrected chi connectivity index (χ3v) is 2.10. The highest BCUT2D eigenvalue weighted by Crippen LogP contribution is 2.15. The summed E-state index contributed by atoms with van der Waals surface area (Å²) in [6.45, 7) is 4.21. The van der Waals surface area contributed by atoms with Crippen LogP contribution >= 0.6 is 0 Å². The number of hydrogen-bond acceptors (Lipinski definition) is 2. The lowest BCUT2D eigenvalue weighted by atomic mass is 10.1. The van der Waals surface area contributed by atoms with Crippen molar-refractivity contribution in [3.63, 3.8) is 0 Å². The van der Waals surface area contributed by atoms with Crippen molar-refractivity contribution < 1.29 is 0 Å². The van der Waals surface area contributed by atoms with E-state index in [-0.39, 0.29) is 0 Å². The first-order chi connectivity index (χ1) is 5.81. The van der Waals surface area contributed by atoms with Crippen LogP contribution in [0.15, 0.2) is 12.1 Å². The van der Waals surface area contributed by atoms with Crippen LogP contribution in [-0.4, -0.2) is 15.4 Å². The van der Waals surface area contributed by atoms with Crippen LogP contribution < -0.4 is 0 Å². The molecule has 1 N–H and O–H groups in total. The second kappa shape index (κ2) is 2.59. The number of H-pyrrole nitrogens is 1. The van der Waals surface area contributed by atoms with Crippen LogP contribution in [0.5, 0.6) is 0 Å². The molecule has 2 aromatic rings. The molecule has 3 heteroatoms. The Morgan fingerprint density at radius 2 is 2.25 bits per heavy atom. The van der Waals surface area contributed by atoms with Gasteiger partial charge in [-0.25, -0.2) is 0 Å². The van der Waals surface area contributed by atoms with Gasteiger partial charge in [-0.2, -0.15) is 0 Å². The number of aromatic nitrogens is 3. The van der Waals surface area contributed by atoms with Gasteiger partial charge in [-0.1, -0.05) is 18.2 Å². The van der Waals surface area contributed by atoms with E-state index in [1.807, 2.05) is 0 Å². The van der Waals surface area contributed by atoms with Crippen LogP contribution in [0.3, 0.4) is 0 Å². The van der Waals surface area contributed by atoms with E-state index < -0.39 is 0 Å². The number of aromatic amines is 1. The van der Waals surface area contributed by atoms with Crippen molar-refractivity contribution in [2.75, 3.05) is 0 Å². The molecule has 0 radical (unpaired) electrons. The molecule has 3 nitrogen and oxygen atoms in total. The summed E-state index contributed by atoms with van der Waals surface area (Å²) in [4.78, 5) is 0. The lowest BCUT2D eigenvalue weighted by Gasteiger charge is -1.98. The molecule has 1 aromatic heterocycles. The summed E-state index contributed by atoms with van der Waals surface area (Å²) in [7, 11) is 0. The second-order valence-electron chi connectivity index (χ2n) is 2.97. The monoisotopic (exact) mass is 161 g/mol. The van der Waals surface area contributed by atoms with Crippen LogP contribution in [-0.2, 0) is 6.42 Å². The van der Waals surface area contributed by atoms with Crippen LogP contribution in [0.2, 0.25) is 0 Å². The molecule has 0 aliphatic carbocycles. The lowest BCUT2D eigenvalue weighted by Crippen LogP contribution is -1.83. The van der Waals surface area contributed by atoms with E-state index in [2.05, 4.69) is 41.4 Å². The van der Waals surface area contributed by atoms with Gasteiger partial charge >= 0.3 is 0 Å². The van der Waals surface area contributed by atoms with Gasteiger partial charge in [0.2, 0.25) is 0 Å². The Bertz CT molecular complexity index is 403. The first-order valence-corrected chi connectivity index (χ1v) is 4.11. The number of benzene rings is 1. The molecule has 62 valence electrons. The minimum absolute atomic E-state index is 0.965. The van der Waals surface area contributed by atoms with Crippen molar-refractivity contribution in [1.29, 1.82) is 0 Å². The number of fused-ring (bicyclic) bond motifs is 1. The summed E-state index contributed by atoms with van der Waals surface area (Å²) in [5.41, 5.74) is 4.54. The van der Waals surface area contributed by atoms with Gasteiger partial charge in [0.05, 0.1) is 5.52 Å². The summed E-state index contributed by atoms with van der Waals surface area (Å²) < 4.78 is 0. The SMILES string of the molecule is CCc1cc(C)c2[nH]nnc2c1. The lowest BCUT2D eigenvalue weighted by molar-refractivity contribution is 0.958. The number of nitrogens with one attached hydrogen (secondary N) is 1. The Morgan fingerprint density at radius 3 is 3.00 bits per heavy atom. The average Bonchev–Trinajstić information content (AvgIpc) is 2.52. The molecule has 0 unspecified atom stereocenters. The number of aryl methyl sites for hydroxylation is 2.